The largest absolute Gasteiger partial charge is 0.493 e. The molecule has 176 valence electrons. The number of ether oxygens (including phenoxy) is 3. The number of morpholine rings is 1. The van der Waals surface area contributed by atoms with E-state index in [-0.39, 0.29) is 12.5 Å². The van der Waals surface area contributed by atoms with Crippen LogP contribution in [0.5, 0.6) is 11.5 Å². The second-order valence-electron chi connectivity index (χ2n) is 8.01. The van der Waals surface area contributed by atoms with Crippen LogP contribution in [0.15, 0.2) is 40.8 Å². The Morgan fingerprint density at radius 1 is 1.03 bits per heavy atom. The lowest BCUT2D eigenvalue weighted by molar-refractivity contribution is 0.0320. The van der Waals surface area contributed by atoms with Gasteiger partial charge in [0.15, 0.2) is 17.3 Å². The minimum absolute atomic E-state index is 0.0571. The van der Waals surface area contributed by atoms with Crippen molar-refractivity contribution in [3.05, 3.63) is 47.9 Å². The van der Waals surface area contributed by atoms with Crippen LogP contribution in [0.1, 0.15) is 48.9 Å². The molecule has 0 bridgehead atoms. The monoisotopic (exact) mass is 444 g/mol. The van der Waals surface area contributed by atoms with Crippen molar-refractivity contribution >= 4 is 5.91 Å². The summed E-state index contributed by atoms with van der Waals surface area (Å²) in [6.45, 7) is 8.09. The van der Waals surface area contributed by atoms with Gasteiger partial charge in [-0.1, -0.05) is 38.3 Å². The molecule has 3 rings (SSSR count). The minimum atomic E-state index is -0.0571. The van der Waals surface area contributed by atoms with Gasteiger partial charge in [0.25, 0.3) is 5.91 Å². The maximum Gasteiger partial charge on any atom is 0.289 e. The van der Waals surface area contributed by atoms with Gasteiger partial charge in [-0.15, -0.1) is 0 Å². The highest BCUT2D eigenvalue weighted by molar-refractivity contribution is 5.91. The Hall–Kier alpha value is -2.51. The molecule has 1 aromatic heterocycles. The fourth-order valence-electron chi connectivity index (χ4n) is 3.74. The van der Waals surface area contributed by atoms with E-state index in [2.05, 4.69) is 11.8 Å². The summed E-state index contributed by atoms with van der Waals surface area (Å²) in [6, 6.07) is 11.0. The number of rotatable bonds is 13. The van der Waals surface area contributed by atoms with Crippen molar-refractivity contribution in [3.63, 3.8) is 0 Å². The van der Waals surface area contributed by atoms with Gasteiger partial charge >= 0.3 is 0 Å². The normalized spacial score (nSPS) is 14.3. The Morgan fingerprint density at radius 2 is 1.81 bits per heavy atom. The molecule has 1 aliphatic heterocycles. The molecule has 0 saturated carbocycles. The molecule has 7 nitrogen and oxygen atoms in total. The van der Waals surface area contributed by atoms with Crippen molar-refractivity contribution < 1.29 is 23.4 Å². The van der Waals surface area contributed by atoms with Crippen LogP contribution in [-0.4, -0.2) is 68.8 Å². The second kappa shape index (κ2) is 13.1. The number of carbonyl (C=O) groups excluding carboxylic acids is 1. The van der Waals surface area contributed by atoms with Crippen LogP contribution in [0, 0.1) is 0 Å². The third-order valence-electron chi connectivity index (χ3n) is 5.67. The predicted molar refractivity (Wildman–Crippen MR) is 123 cm³/mol. The number of furan rings is 1. The lowest BCUT2D eigenvalue weighted by Crippen LogP contribution is -2.43. The minimum Gasteiger partial charge on any atom is -0.493 e. The summed E-state index contributed by atoms with van der Waals surface area (Å²) in [5.41, 5.74) is 0. The predicted octanol–water partition coefficient (Wildman–Crippen LogP) is 4.22. The zero-order chi connectivity index (χ0) is 22.6. The van der Waals surface area contributed by atoms with Gasteiger partial charge < -0.3 is 23.5 Å². The van der Waals surface area contributed by atoms with Gasteiger partial charge in [-0.2, -0.15) is 0 Å². The Morgan fingerprint density at radius 3 is 2.56 bits per heavy atom. The number of para-hydroxylation sites is 2. The molecule has 0 unspecified atom stereocenters. The number of hydrogen-bond donors (Lipinski definition) is 0. The number of hydrogen-bond acceptors (Lipinski definition) is 6. The molecule has 1 aromatic carbocycles. The second-order valence-corrected chi connectivity index (χ2v) is 8.01. The van der Waals surface area contributed by atoms with Crippen molar-refractivity contribution in [2.24, 2.45) is 0 Å². The molecule has 2 aromatic rings. The van der Waals surface area contributed by atoms with E-state index in [4.69, 9.17) is 18.6 Å². The van der Waals surface area contributed by atoms with Gasteiger partial charge in [-0.3, -0.25) is 9.69 Å². The van der Waals surface area contributed by atoms with Crippen LogP contribution in [0.2, 0.25) is 0 Å². The lowest BCUT2D eigenvalue weighted by atomic mass is 10.2. The summed E-state index contributed by atoms with van der Waals surface area (Å²) in [6.07, 6.45) is 4.51. The van der Waals surface area contributed by atoms with Gasteiger partial charge in [-0.25, -0.2) is 0 Å². The zero-order valence-electron chi connectivity index (χ0n) is 19.4. The van der Waals surface area contributed by atoms with E-state index in [1.54, 1.807) is 19.2 Å². The summed E-state index contributed by atoms with van der Waals surface area (Å²) >= 11 is 0. The van der Waals surface area contributed by atoms with E-state index in [0.717, 1.165) is 52.2 Å². The molecular formula is C25H36N2O5. The smallest absolute Gasteiger partial charge is 0.289 e. The topological polar surface area (TPSA) is 64.4 Å². The van der Waals surface area contributed by atoms with E-state index < -0.39 is 0 Å². The molecule has 0 spiro atoms. The maximum atomic E-state index is 13.2. The maximum absolute atomic E-state index is 13.2. The third kappa shape index (κ3) is 7.28. The number of unbranched alkanes of at least 4 members (excludes halogenated alkanes) is 3. The molecule has 7 heteroatoms. The fourth-order valence-corrected chi connectivity index (χ4v) is 3.74. The molecule has 0 atom stereocenters. The molecule has 0 radical (unpaired) electrons. The number of methoxy groups -OCH3 is 1. The van der Waals surface area contributed by atoms with Crippen LogP contribution in [0.4, 0.5) is 0 Å². The molecule has 0 N–H and O–H groups in total. The fraction of sp³-hybridized carbons (Fsp3) is 0.560. The van der Waals surface area contributed by atoms with Crippen molar-refractivity contribution in [1.82, 2.24) is 9.80 Å². The first-order valence-corrected chi connectivity index (χ1v) is 11.6. The first-order valence-electron chi connectivity index (χ1n) is 11.6. The van der Waals surface area contributed by atoms with E-state index in [1.165, 1.54) is 12.8 Å². The first-order chi connectivity index (χ1) is 15.7. The van der Waals surface area contributed by atoms with Crippen LogP contribution in [0.25, 0.3) is 0 Å². The molecule has 1 fully saturated rings. The Kier molecular flexibility index (Phi) is 9.91. The highest BCUT2D eigenvalue weighted by Crippen LogP contribution is 2.27. The van der Waals surface area contributed by atoms with E-state index in [9.17, 15) is 4.79 Å². The van der Waals surface area contributed by atoms with Crippen LogP contribution in [-0.2, 0) is 11.3 Å². The van der Waals surface area contributed by atoms with Crippen LogP contribution in [0.3, 0.4) is 0 Å². The summed E-state index contributed by atoms with van der Waals surface area (Å²) < 4.78 is 22.4. The quantitative estimate of drug-likeness (QED) is 0.431. The van der Waals surface area contributed by atoms with Crippen molar-refractivity contribution in [3.8, 4) is 11.5 Å². The molecule has 1 aliphatic rings. The van der Waals surface area contributed by atoms with Crippen molar-refractivity contribution in [1.29, 1.82) is 0 Å². The summed E-state index contributed by atoms with van der Waals surface area (Å²) in [5, 5.41) is 0. The van der Waals surface area contributed by atoms with Gasteiger partial charge in [0.2, 0.25) is 0 Å². The Labute approximate surface area is 191 Å². The number of carbonyl (C=O) groups is 1. The number of amides is 1. The summed E-state index contributed by atoms with van der Waals surface area (Å²) in [7, 11) is 1.61. The highest BCUT2D eigenvalue weighted by Gasteiger charge is 2.21. The van der Waals surface area contributed by atoms with Gasteiger partial charge in [0, 0.05) is 32.7 Å². The molecule has 2 heterocycles. The summed E-state index contributed by atoms with van der Waals surface area (Å²) in [5.74, 6) is 2.22. The van der Waals surface area contributed by atoms with Gasteiger partial charge in [0.05, 0.1) is 20.3 Å². The third-order valence-corrected chi connectivity index (χ3v) is 5.67. The molecular weight excluding hydrogens is 408 g/mol. The Bertz CT molecular complexity index is 816. The van der Waals surface area contributed by atoms with Crippen LogP contribution < -0.4 is 9.47 Å². The van der Waals surface area contributed by atoms with E-state index in [0.29, 0.717) is 29.6 Å². The van der Waals surface area contributed by atoms with Crippen molar-refractivity contribution in [2.75, 3.05) is 53.0 Å². The zero-order valence-corrected chi connectivity index (χ0v) is 19.4. The van der Waals surface area contributed by atoms with E-state index in [1.807, 2.05) is 29.2 Å². The molecule has 32 heavy (non-hydrogen) atoms. The van der Waals surface area contributed by atoms with Gasteiger partial charge in [-0.05, 0) is 30.7 Å². The SMILES string of the molecule is CCCCCCN(CCN1CCOCC1)C(=O)c1ccc(COc2ccccc2OC)o1. The molecule has 1 amide bonds. The molecule has 0 aliphatic carbocycles. The van der Waals surface area contributed by atoms with Crippen molar-refractivity contribution in [2.45, 2.75) is 39.2 Å². The lowest BCUT2D eigenvalue weighted by Gasteiger charge is -2.30. The standard InChI is InChI=1S/C25H36N2O5/c1-3-4-5-8-13-27(15-14-26-16-18-30-19-17-26)25(28)24-12-11-21(32-24)20-31-23-10-7-6-9-22(23)29-2/h6-7,9-12H,3-5,8,13-20H2,1-2H3. The van der Waals surface area contributed by atoms with E-state index >= 15 is 0 Å². The average molecular weight is 445 g/mol. The number of benzene rings is 1. The van der Waals surface area contributed by atoms with Gasteiger partial charge in [0.1, 0.15) is 12.4 Å². The molecule has 1 saturated heterocycles. The van der Waals surface area contributed by atoms with Crippen LogP contribution >= 0.6 is 0 Å². The highest BCUT2D eigenvalue weighted by atomic mass is 16.5. The Balaban J connectivity index is 1.58. The number of nitrogens with zero attached hydrogens (tertiary/aromatic N) is 2. The first kappa shape index (κ1) is 24.1. The average Bonchev–Trinajstić information content (AvgIpc) is 3.32. The summed E-state index contributed by atoms with van der Waals surface area (Å²) in [4.78, 5) is 17.5.